The molecule has 1 fully saturated rings. The Balaban J connectivity index is 1.33. The van der Waals surface area contributed by atoms with Crippen molar-refractivity contribution in [1.82, 2.24) is 20.6 Å². The van der Waals surface area contributed by atoms with Gasteiger partial charge in [0.25, 0.3) is 0 Å². The molecule has 10 heteroatoms. The number of hydrogen-bond donors (Lipinski definition) is 2. The molecule has 1 amide bonds. The van der Waals surface area contributed by atoms with Crippen LogP contribution < -0.4 is 29.8 Å². The molecular formula is C23H31N5O5. The van der Waals surface area contributed by atoms with Gasteiger partial charge >= 0.3 is 0 Å². The fourth-order valence-electron chi connectivity index (χ4n) is 3.64. The van der Waals surface area contributed by atoms with E-state index in [1.807, 2.05) is 49.5 Å². The van der Waals surface area contributed by atoms with Gasteiger partial charge in [-0.05, 0) is 42.8 Å². The van der Waals surface area contributed by atoms with E-state index in [4.69, 9.17) is 18.9 Å². The van der Waals surface area contributed by atoms with Gasteiger partial charge in [-0.25, -0.2) is 10.0 Å². The van der Waals surface area contributed by atoms with E-state index < -0.39 is 0 Å². The molecule has 0 saturated carbocycles. The maximum Gasteiger partial charge on any atom is 0.239 e. The third kappa shape index (κ3) is 6.41. The van der Waals surface area contributed by atoms with Crippen molar-refractivity contribution >= 4 is 11.6 Å². The average molecular weight is 458 g/mol. The number of amides is 1. The highest BCUT2D eigenvalue weighted by molar-refractivity contribution is 5.75. The predicted molar refractivity (Wildman–Crippen MR) is 123 cm³/mol. The van der Waals surface area contributed by atoms with Gasteiger partial charge in [0, 0.05) is 26.2 Å². The minimum absolute atomic E-state index is 0.157. The Morgan fingerprint density at radius 1 is 1.06 bits per heavy atom. The summed E-state index contributed by atoms with van der Waals surface area (Å²) < 4.78 is 22.1. The number of nitrogens with one attached hydrogen (secondary N) is 2. The standard InChI is InChI=1S/C23H31N5O5/c1-26-11-3-12-27(26)17-28(24-18-4-9-21-22(16-18)33-15-14-32-21)25-23(29)10-13-31-20-7-5-19(30-2)6-8-20/h4-9,16,24H,3,10-15,17H2,1-2H3,(H,25,29). The maximum absolute atomic E-state index is 12.7. The molecule has 0 radical (unpaired) electrons. The summed E-state index contributed by atoms with van der Waals surface area (Å²) in [5.74, 6) is 2.69. The van der Waals surface area contributed by atoms with Crippen LogP contribution in [0.25, 0.3) is 0 Å². The molecule has 0 atom stereocenters. The number of carbonyl (C=O) groups excluding carboxylic acids is 1. The molecule has 2 aliphatic rings. The molecule has 2 aromatic rings. The summed E-state index contributed by atoms with van der Waals surface area (Å²) in [6.45, 7) is 3.72. The predicted octanol–water partition coefficient (Wildman–Crippen LogP) is 2.11. The second kappa shape index (κ2) is 11.1. The normalized spacial score (nSPS) is 16.0. The zero-order chi connectivity index (χ0) is 23.0. The lowest BCUT2D eigenvalue weighted by Crippen LogP contribution is -2.53. The summed E-state index contributed by atoms with van der Waals surface area (Å²) in [6, 6.07) is 12.9. The molecule has 4 rings (SSSR count). The summed E-state index contributed by atoms with van der Waals surface area (Å²) in [6.07, 6.45) is 1.29. The first-order chi connectivity index (χ1) is 16.1. The number of rotatable bonds is 10. The molecule has 2 aromatic carbocycles. The zero-order valence-corrected chi connectivity index (χ0v) is 19.1. The van der Waals surface area contributed by atoms with Crippen molar-refractivity contribution in [2.45, 2.75) is 12.8 Å². The van der Waals surface area contributed by atoms with Gasteiger partial charge in [-0.3, -0.25) is 10.2 Å². The number of methoxy groups -OCH3 is 1. The van der Waals surface area contributed by atoms with E-state index >= 15 is 0 Å². The van der Waals surface area contributed by atoms with Crippen LogP contribution in [0.5, 0.6) is 23.0 Å². The van der Waals surface area contributed by atoms with E-state index in [-0.39, 0.29) is 18.9 Å². The van der Waals surface area contributed by atoms with Crippen LogP contribution in [-0.2, 0) is 4.79 Å². The van der Waals surface area contributed by atoms with Crippen molar-refractivity contribution in [2.24, 2.45) is 0 Å². The Bertz CT molecular complexity index is 926. The zero-order valence-electron chi connectivity index (χ0n) is 19.1. The highest BCUT2D eigenvalue weighted by atomic mass is 16.6. The smallest absolute Gasteiger partial charge is 0.239 e. The quantitative estimate of drug-likeness (QED) is 0.521. The van der Waals surface area contributed by atoms with Gasteiger partial charge in [0.05, 0.1) is 25.8 Å². The number of hydrazine groups is 3. The monoisotopic (exact) mass is 457 g/mol. The molecule has 2 heterocycles. The third-order valence-electron chi connectivity index (χ3n) is 5.41. The Labute approximate surface area is 193 Å². The lowest BCUT2D eigenvalue weighted by Gasteiger charge is -2.32. The number of benzene rings is 2. The van der Waals surface area contributed by atoms with Crippen molar-refractivity contribution in [1.29, 1.82) is 0 Å². The summed E-state index contributed by atoms with van der Waals surface area (Å²) in [7, 11) is 3.66. The van der Waals surface area contributed by atoms with Crippen molar-refractivity contribution in [3.63, 3.8) is 0 Å². The number of anilines is 1. The van der Waals surface area contributed by atoms with Gasteiger partial charge in [0.1, 0.15) is 31.4 Å². The Hall–Kier alpha value is -3.21. The Morgan fingerprint density at radius 2 is 1.82 bits per heavy atom. The number of carbonyl (C=O) groups is 1. The number of hydrogen-bond acceptors (Lipinski definition) is 9. The fraction of sp³-hybridized carbons (Fsp3) is 0.435. The molecule has 0 unspecified atom stereocenters. The van der Waals surface area contributed by atoms with Crippen LogP contribution >= 0.6 is 0 Å². The van der Waals surface area contributed by atoms with Crippen LogP contribution in [-0.4, -0.2) is 74.8 Å². The minimum Gasteiger partial charge on any atom is -0.497 e. The van der Waals surface area contributed by atoms with Gasteiger partial charge in [0.2, 0.25) is 5.91 Å². The maximum atomic E-state index is 12.7. The SMILES string of the molecule is COc1ccc(OCCC(=O)NN(CN2CCCN2C)Nc2ccc3c(c2)OCCO3)cc1. The molecule has 33 heavy (non-hydrogen) atoms. The van der Waals surface area contributed by atoms with Crippen molar-refractivity contribution in [3.05, 3.63) is 42.5 Å². The van der Waals surface area contributed by atoms with Crippen LogP contribution in [0, 0.1) is 0 Å². The first kappa shape index (κ1) is 23.0. The van der Waals surface area contributed by atoms with Crippen molar-refractivity contribution < 1.29 is 23.7 Å². The molecule has 10 nitrogen and oxygen atoms in total. The van der Waals surface area contributed by atoms with Gasteiger partial charge in [-0.15, -0.1) is 5.12 Å². The lowest BCUT2D eigenvalue weighted by molar-refractivity contribution is -0.128. The molecule has 0 aromatic heterocycles. The van der Waals surface area contributed by atoms with E-state index in [1.165, 1.54) is 0 Å². The van der Waals surface area contributed by atoms with Crippen molar-refractivity contribution in [2.75, 3.05) is 59.2 Å². The van der Waals surface area contributed by atoms with Crippen LogP contribution in [0.15, 0.2) is 42.5 Å². The van der Waals surface area contributed by atoms with Crippen LogP contribution in [0.2, 0.25) is 0 Å². The van der Waals surface area contributed by atoms with Gasteiger partial charge in [-0.1, -0.05) is 0 Å². The van der Waals surface area contributed by atoms with E-state index in [0.29, 0.717) is 31.4 Å². The summed E-state index contributed by atoms with van der Waals surface area (Å²) in [5, 5.41) is 6.00. The number of nitrogens with zero attached hydrogens (tertiary/aromatic N) is 3. The number of fused-ring (bicyclic) bond motifs is 1. The van der Waals surface area contributed by atoms with E-state index in [9.17, 15) is 4.79 Å². The summed E-state index contributed by atoms with van der Waals surface area (Å²) >= 11 is 0. The van der Waals surface area contributed by atoms with E-state index in [1.54, 1.807) is 12.2 Å². The van der Waals surface area contributed by atoms with E-state index in [0.717, 1.165) is 36.7 Å². The first-order valence-electron chi connectivity index (χ1n) is 11.1. The summed E-state index contributed by atoms with van der Waals surface area (Å²) in [4.78, 5) is 12.7. The second-order valence-electron chi connectivity index (χ2n) is 7.81. The molecular weight excluding hydrogens is 426 g/mol. The Kier molecular flexibility index (Phi) is 7.71. The van der Waals surface area contributed by atoms with Crippen LogP contribution in [0.4, 0.5) is 5.69 Å². The van der Waals surface area contributed by atoms with Crippen LogP contribution in [0.1, 0.15) is 12.8 Å². The molecule has 2 N–H and O–H groups in total. The topological polar surface area (TPSA) is 87.8 Å². The number of ether oxygens (including phenoxy) is 4. The first-order valence-corrected chi connectivity index (χ1v) is 11.1. The highest BCUT2D eigenvalue weighted by Gasteiger charge is 2.22. The molecule has 2 aliphatic heterocycles. The lowest BCUT2D eigenvalue weighted by atomic mass is 10.2. The molecule has 0 spiro atoms. The van der Waals surface area contributed by atoms with E-state index in [2.05, 4.69) is 20.9 Å². The van der Waals surface area contributed by atoms with Gasteiger partial charge < -0.3 is 24.4 Å². The molecule has 1 saturated heterocycles. The summed E-state index contributed by atoms with van der Waals surface area (Å²) in [5.41, 5.74) is 7.00. The minimum atomic E-state index is -0.157. The van der Waals surface area contributed by atoms with Crippen molar-refractivity contribution in [3.8, 4) is 23.0 Å². The van der Waals surface area contributed by atoms with Gasteiger partial charge in [0.15, 0.2) is 11.5 Å². The molecule has 0 bridgehead atoms. The highest BCUT2D eigenvalue weighted by Crippen LogP contribution is 2.32. The largest absolute Gasteiger partial charge is 0.497 e. The molecule has 178 valence electrons. The fourth-order valence-corrected chi connectivity index (χ4v) is 3.64. The second-order valence-corrected chi connectivity index (χ2v) is 7.81. The van der Waals surface area contributed by atoms with Gasteiger partial charge in [-0.2, -0.15) is 0 Å². The third-order valence-corrected chi connectivity index (χ3v) is 5.41. The average Bonchev–Trinajstić information content (AvgIpc) is 3.23. The molecule has 0 aliphatic carbocycles. The Morgan fingerprint density at radius 3 is 2.55 bits per heavy atom. The van der Waals surface area contributed by atoms with Crippen LogP contribution in [0.3, 0.4) is 0 Å².